The van der Waals surface area contributed by atoms with Crippen LogP contribution in [0.3, 0.4) is 0 Å². The van der Waals surface area contributed by atoms with Crippen LogP contribution in [0.4, 0.5) is 5.69 Å². The van der Waals surface area contributed by atoms with Gasteiger partial charge in [-0.25, -0.2) is 8.42 Å². The van der Waals surface area contributed by atoms with Crippen molar-refractivity contribution < 1.29 is 23.0 Å². The summed E-state index contributed by atoms with van der Waals surface area (Å²) in [6.45, 7) is 4.97. The predicted molar refractivity (Wildman–Crippen MR) is 85.8 cm³/mol. The Morgan fingerprint density at radius 2 is 2.08 bits per heavy atom. The molecule has 0 aromatic heterocycles. The topological polar surface area (TPSA) is 115 Å². The molecule has 0 spiro atoms. The lowest BCUT2D eigenvalue weighted by molar-refractivity contribution is -0.908. The Labute approximate surface area is 139 Å². The van der Waals surface area contributed by atoms with Gasteiger partial charge in [-0.1, -0.05) is 0 Å². The van der Waals surface area contributed by atoms with Crippen LogP contribution in [0.1, 0.15) is 12.0 Å². The number of ether oxygens (including phenoxy) is 1. The van der Waals surface area contributed by atoms with E-state index in [1.54, 1.807) is 0 Å². The van der Waals surface area contributed by atoms with Gasteiger partial charge >= 0.3 is 0 Å². The monoisotopic (exact) mass is 355 g/mol. The molecule has 1 saturated heterocycles. The number of fused-ring (bicyclic) bond motifs is 1. The third-order valence-electron chi connectivity index (χ3n) is 4.11. The molecule has 1 aromatic carbocycles. The number of sulfonamides is 1. The van der Waals surface area contributed by atoms with Crippen LogP contribution in [0.2, 0.25) is 0 Å². The zero-order valence-electron chi connectivity index (χ0n) is 13.0. The fourth-order valence-corrected chi connectivity index (χ4v) is 4.10. The first-order valence-corrected chi connectivity index (χ1v) is 9.23. The number of non-ortho nitro benzene ring substituents is 1. The molecule has 2 aliphatic heterocycles. The van der Waals surface area contributed by atoms with E-state index < -0.39 is 14.9 Å². The summed E-state index contributed by atoms with van der Waals surface area (Å²) in [7, 11) is -3.78. The molecule has 0 bridgehead atoms. The van der Waals surface area contributed by atoms with Gasteiger partial charge in [0.25, 0.3) is 15.7 Å². The van der Waals surface area contributed by atoms with Crippen LogP contribution in [0.5, 0.6) is 0 Å². The van der Waals surface area contributed by atoms with E-state index in [2.05, 4.69) is 9.71 Å². The molecule has 0 atom stereocenters. The molecular formula is C14H19N4O5S+. The molecule has 130 valence electrons. The van der Waals surface area contributed by atoms with Crippen molar-refractivity contribution in [2.45, 2.75) is 11.3 Å². The largest absolute Gasteiger partial charge is 0.370 e. The first-order valence-electron chi connectivity index (χ1n) is 7.75. The Hall–Kier alpha value is -2.04. The van der Waals surface area contributed by atoms with E-state index in [1.165, 1.54) is 17.0 Å². The number of quaternary nitrogens is 1. The van der Waals surface area contributed by atoms with Crippen LogP contribution in [0.25, 0.3) is 0 Å². The molecule has 24 heavy (non-hydrogen) atoms. The molecule has 1 aromatic rings. The number of amidine groups is 1. The Kier molecular flexibility index (Phi) is 4.78. The standard InChI is InChI=1S/C14H18N4O5S/c19-18(20)11-2-3-12-13(10-11)24(21,22)16-14(12)15-4-1-5-17-6-8-23-9-7-17/h2-3,10H,1,4-9H2,(H,15,16)/p+1. The Morgan fingerprint density at radius 3 is 2.79 bits per heavy atom. The lowest BCUT2D eigenvalue weighted by Crippen LogP contribution is -3.14. The summed E-state index contributed by atoms with van der Waals surface area (Å²) >= 11 is 0. The second kappa shape index (κ2) is 6.83. The number of hydrogen-bond acceptors (Lipinski definition) is 6. The van der Waals surface area contributed by atoms with Crippen LogP contribution in [0, 0.1) is 10.1 Å². The lowest BCUT2D eigenvalue weighted by Gasteiger charge is -2.23. The summed E-state index contributed by atoms with van der Waals surface area (Å²) in [5.74, 6) is 0.261. The van der Waals surface area contributed by atoms with Crippen LogP contribution in [-0.4, -0.2) is 58.6 Å². The third-order valence-corrected chi connectivity index (χ3v) is 5.49. The number of benzene rings is 1. The minimum atomic E-state index is -3.78. The zero-order chi connectivity index (χ0) is 17.2. The number of nitrogens with zero attached hydrogens (tertiary/aromatic N) is 2. The van der Waals surface area contributed by atoms with Crippen molar-refractivity contribution in [3.63, 3.8) is 0 Å². The highest BCUT2D eigenvalue weighted by Crippen LogP contribution is 2.27. The minimum Gasteiger partial charge on any atom is -0.370 e. The first kappa shape index (κ1) is 16.8. The number of morpholine rings is 1. The van der Waals surface area contributed by atoms with Crippen molar-refractivity contribution in [1.82, 2.24) is 4.72 Å². The highest BCUT2D eigenvalue weighted by molar-refractivity contribution is 7.90. The van der Waals surface area contributed by atoms with Crippen molar-refractivity contribution >= 4 is 21.5 Å². The minimum absolute atomic E-state index is 0.0887. The van der Waals surface area contributed by atoms with Gasteiger partial charge in [0, 0.05) is 30.7 Å². The number of aliphatic imine (C=N–C) groups is 1. The molecule has 1 fully saturated rings. The second-order valence-corrected chi connectivity index (χ2v) is 7.39. The maximum Gasteiger partial charge on any atom is 0.270 e. The van der Waals surface area contributed by atoms with Gasteiger partial charge in [-0.3, -0.25) is 19.8 Å². The highest BCUT2D eigenvalue weighted by Gasteiger charge is 2.32. The molecule has 2 N–H and O–H groups in total. The van der Waals surface area contributed by atoms with Crippen molar-refractivity contribution in [3.05, 3.63) is 33.9 Å². The second-order valence-electron chi connectivity index (χ2n) is 5.74. The van der Waals surface area contributed by atoms with Crippen LogP contribution in [0.15, 0.2) is 28.1 Å². The Balaban J connectivity index is 1.68. The van der Waals surface area contributed by atoms with E-state index in [-0.39, 0.29) is 16.4 Å². The quantitative estimate of drug-likeness (QED) is 0.397. The normalized spacial score (nSPS) is 21.4. The maximum absolute atomic E-state index is 12.1. The van der Waals surface area contributed by atoms with Gasteiger partial charge in [-0.2, -0.15) is 0 Å². The highest BCUT2D eigenvalue weighted by atomic mass is 32.2. The van der Waals surface area contributed by atoms with Crippen molar-refractivity contribution in [2.75, 3.05) is 39.4 Å². The number of nitrogens with one attached hydrogen (secondary N) is 2. The van der Waals surface area contributed by atoms with Crippen molar-refractivity contribution in [3.8, 4) is 0 Å². The summed E-state index contributed by atoms with van der Waals surface area (Å²) in [6.07, 6.45) is 0.836. The first-order chi connectivity index (χ1) is 11.5. The summed E-state index contributed by atoms with van der Waals surface area (Å²) in [4.78, 5) is 15.9. The smallest absolute Gasteiger partial charge is 0.270 e. The molecule has 0 amide bonds. The summed E-state index contributed by atoms with van der Waals surface area (Å²) < 4.78 is 31.8. The van der Waals surface area contributed by atoms with E-state index in [9.17, 15) is 18.5 Å². The molecule has 9 nitrogen and oxygen atoms in total. The molecule has 0 radical (unpaired) electrons. The van der Waals surface area contributed by atoms with Gasteiger partial charge in [0.05, 0.1) is 24.7 Å². The van der Waals surface area contributed by atoms with E-state index in [0.29, 0.717) is 12.1 Å². The van der Waals surface area contributed by atoms with Gasteiger partial charge in [0.1, 0.15) is 23.8 Å². The van der Waals surface area contributed by atoms with E-state index in [4.69, 9.17) is 4.74 Å². The van der Waals surface area contributed by atoms with Crippen molar-refractivity contribution in [1.29, 1.82) is 0 Å². The van der Waals surface area contributed by atoms with Crippen LogP contribution < -0.4 is 9.62 Å². The summed E-state index contributed by atoms with van der Waals surface area (Å²) in [6, 6.07) is 3.78. The third kappa shape index (κ3) is 3.55. The number of nitro benzene ring substituents is 1. The Morgan fingerprint density at radius 1 is 1.33 bits per heavy atom. The number of rotatable bonds is 5. The number of hydrogen-bond donors (Lipinski definition) is 2. The van der Waals surface area contributed by atoms with Gasteiger partial charge in [0.15, 0.2) is 0 Å². The van der Waals surface area contributed by atoms with E-state index >= 15 is 0 Å². The molecule has 2 aliphatic rings. The SMILES string of the molecule is O=[N+]([O-])c1ccc2c(c1)S(=O)(=O)NC2=NCCC[NH+]1CCOCC1. The van der Waals surface area contributed by atoms with Crippen LogP contribution in [-0.2, 0) is 14.8 Å². The summed E-state index contributed by atoms with van der Waals surface area (Å²) in [5.41, 5.74) is 0.135. The maximum atomic E-state index is 12.1. The molecule has 2 heterocycles. The fraction of sp³-hybridized carbons (Fsp3) is 0.500. The van der Waals surface area contributed by atoms with Gasteiger partial charge < -0.3 is 9.64 Å². The number of nitro groups is 1. The molecule has 0 saturated carbocycles. The Bertz CT molecular complexity index is 771. The van der Waals surface area contributed by atoms with Gasteiger partial charge in [-0.05, 0) is 6.07 Å². The lowest BCUT2D eigenvalue weighted by atomic mass is 10.2. The molecule has 3 rings (SSSR count). The predicted octanol–water partition coefficient (Wildman–Crippen LogP) is -1.06. The van der Waals surface area contributed by atoms with Crippen LogP contribution >= 0.6 is 0 Å². The fourth-order valence-electron chi connectivity index (χ4n) is 2.83. The average molecular weight is 355 g/mol. The summed E-state index contributed by atoms with van der Waals surface area (Å²) in [5, 5.41) is 10.8. The van der Waals surface area contributed by atoms with Crippen molar-refractivity contribution in [2.24, 2.45) is 4.99 Å². The van der Waals surface area contributed by atoms with E-state index in [1.807, 2.05) is 0 Å². The van der Waals surface area contributed by atoms with E-state index in [0.717, 1.165) is 45.3 Å². The molecule has 0 unspecified atom stereocenters. The molecule has 0 aliphatic carbocycles. The molecule has 10 heteroatoms. The molecular weight excluding hydrogens is 336 g/mol. The van der Waals surface area contributed by atoms with Gasteiger partial charge in [-0.15, -0.1) is 0 Å². The van der Waals surface area contributed by atoms with Gasteiger partial charge in [0.2, 0.25) is 0 Å². The zero-order valence-corrected chi connectivity index (χ0v) is 13.8. The average Bonchev–Trinajstić information content (AvgIpc) is 2.83.